The highest BCUT2D eigenvalue weighted by Crippen LogP contribution is 2.18. The van der Waals surface area contributed by atoms with E-state index in [0.717, 1.165) is 18.8 Å². The average Bonchev–Trinajstić information content (AvgIpc) is 2.39. The Hall–Kier alpha value is -1.35. The Bertz CT molecular complexity index is 439. The molecule has 1 aliphatic heterocycles. The highest BCUT2D eigenvalue weighted by atomic mass is 16.2. The molecule has 1 heterocycles. The first-order valence-electron chi connectivity index (χ1n) is 7.66. The molecule has 1 unspecified atom stereocenters. The van der Waals surface area contributed by atoms with E-state index in [4.69, 9.17) is 0 Å². The largest absolute Gasteiger partial charge is 0.325 e. The smallest absolute Gasteiger partial charge is 0.238 e. The number of hydrogen-bond donors (Lipinski definition) is 1. The van der Waals surface area contributed by atoms with Gasteiger partial charge in [-0.3, -0.25) is 9.69 Å². The number of rotatable bonds is 4. The van der Waals surface area contributed by atoms with E-state index in [1.807, 2.05) is 12.1 Å². The SMILES string of the molecule is CC1CCCN(CC(=O)Nc2ccc(C(C)C)cc2)C1. The summed E-state index contributed by atoms with van der Waals surface area (Å²) < 4.78 is 0. The normalized spacial score (nSPS) is 20.1. The zero-order chi connectivity index (χ0) is 14.5. The van der Waals surface area contributed by atoms with Crippen LogP contribution in [0.5, 0.6) is 0 Å². The maximum Gasteiger partial charge on any atom is 0.238 e. The molecular formula is C17H26N2O. The van der Waals surface area contributed by atoms with Gasteiger partial charge in [0.15, 0.2) is 0 Å². The minimum Gasteiger partial charge on any atom is -0.325 e. The summed E-state index contributed by atoms with van der Waals surface area (Å²) in [5.74, 6) is 1.33. The fourth-order valence-electron chi connectivity index (χ4n) is 2.79. The molecule has 0 aliphatic carbocycles. The molecule has 3 nitrogen and oxygen atoms in total. The van der Waals surface area contributed by atoms with Crippen LogP contribution < -0.4 is 5.32 Å². The minimum absolute atomic E-state index is 0.0939. The standard InChI is InChI=1S/C17H26N2O/c1-13(2)15-6-8-16(9-7-15)18-17(20)12-19-10-4-5-14(3)11-19/h6-9,13-14H,4-5,10-12H2,1-3H3,(H,18,20). The van der Waals surface area contributed by atoms with Crippen LogP contribution in [0.3, 0.4) is 0 Å². The molecule has 1 aliphatic rings. The lowest BCUT2D eigenvalue weighted by Crippen LogP contribution is -2.39. The zero-order valence-corrected chi connectivity index (χ0v) is 12.9. The fraction of sp³-hybridized carbons (Fsp3) is 0.588. The summed E-state index contributed by atoms with van der Waals surface area (Å²) in [7, 11) is 0. The summed E-state index contributed by atoms with van der Waals surface area (Å²) in [5, 5.41) is 2.99. The van der Waals surface area contributed by atoms with Crippen LogP contribution in [0.4, 0.5) is 5.69 Å². The number of hydrogen-bond acceptors (Lipinski definition) is 2. The number of anilines is 1. The number of carbonyl (C=O) groups is 1. The van der Waals surface area contributed by atoms with E-state index in [9.17, 15) is 4.79 Å². The van der Waals surface area contributed by atoms with Crippen LogP contribution in [0.25, 0.3) is 0 Å². The van der Waals surface area contributed by atoms with Gasteiger partial charge in [-0.2, -0.15) is 0 Å². The van der Waals surface area contributed by atoms with E-state index >= 15 is 0 Å². The van der Waals surface area contributed by atoms with E-state index in [2.05, 4.69) is 43.1 Å². The third kappa shape index (κ3) is 4.34. The summed E-state index contributed by atoms with van der Waals surface area (Å²) in [5.41, 5.74) is 2.19. The van der Waals surface area contributed by atoms with Crippen LogP contribution in [0.2, 0.25) is 0 Å². The molecule has 1 atom stereocenters. The second-order valence-electron chi connectivity index (χ2n) is 6.31. The molecule has 1 saturated heterocycles. The molecule has 0 bridgehead atoms. The Morgan fingerprint density at radius 2 is 2.05 bits per heavy atom. The number of nitrogens with zero attached hydrogens (tertiary/aromatic N) is 1. The van der Waals surface area contributed by atoms with Crippen molar-refractivity contribution in [2.75, 3.05) is 25.0 Å². The third-order valence-electron chi connectivity index (χ3n) is 3.97. The fourth-order valence-corrected chi connectivity index (χ4v) is 2.79. The molecule has 1 aromatic carbocycles. The molecule has 0 saturated carbocycles. The lowest BCUT2D eigenvalue weighted by molar-refractivity contribution is -0.117. The zero-order valence-electron chi connectivity index (χ0n) is 12.9. The molecule has 1 amide bonds. The third-order valence-corrected chi connectivity index (χ3v) is 3.97. The Kier molecular flexibility index (Phi) is 5.18. The van der Waals surface area contributed by atoms with Crippen molar-refractivity contribution >= 4 is 11.6 Å². The maximum absolute atomic E-state index is 12.1. The van der Waals surface area contributed by atoms with Gasteiger partial charge in [0.05, 0.1) is 6.54 Å². The van der Waals surface area contributed by atoms with Crippen LogP contribution in [-0.4, -0.2) is 30.4 Å². The Balaban J connectivity index is 1.84. The highest BCUT2D eigenvalue weighted by molar-refractivity contribution is 5.92. The van der Waals surface area contributed by atoms with Crippen molar-refractivity contribution in [3.8, 4) is 0 Å². The van der Waals surface area contributed by atoms with Crippen molar-refractivity contribution in [3.05, 3.63) is 29.8 Å². The van der Waals surface area contributed by atoms with Gasteiger partial charge >= 0.3 is 0 Å². The molecule has 0 spiro atoms. The predicted molar refractivity (Wildman–Crippen MR) is 84.0 cm³/mol. The van der Waals surface area contributed by atoms with Crippen molar-refractivity contribution in [2.24, 2.45) is 5.92 Å². The summed E-state index contributed by atoms with van der Waals surface area (Å²) in [6.07, 6.45) is 2.49. The quantitative estimate of drug-likeness (QED) is 0.911. The molecule has 110 valence electrons. The summed E-state index contributed by atoms with van der Waals surface area (Å²) in [4.78, 5) is 14.3. The lowest BCUT2D eigenvalue weighted by atomic mass is 10.0. The molecule has 2 rings (SSSR count). The number of amides is 1. The Morgan fingerprint density at radius 3 is 2.65 bits per heavy atom. The Morgan fingerprint density at radius 1 is 1.35 bits per heavy atom. The maximum atomic E-state index is 12.1. The summed E-state index contributed by atoms with van der Waals surface area (Å²) >= 11 is 0. The topological polar surface area (TPSA) is 32.3 Å². The van der Waals surface area contributed by atoms with Crippen LogP contribution in [0.1, 0.15) is 45.1 Å². The van der Waals surface area contributed by atoms with Gasteiger partial charge in [-0.05, 0) is 48.9 Å². The number of carbonyl (C=O) groups excluding carboxylic acids is 1. The molecular weight excluding hydrogens is 248 g/mol. The number of likely N-dealkylation sites (tertiary alicyclic amines) is 1. The second-order valence-corrected chi connectivity index (χ2v) is 6.31. The molecule has 3 heteroatoms. The number of nitrogens with one attached hydrogen (secondary N) is 1. The van der Waals surface area contributed by atoms with Crippen molar-refractivity contribution in [2.45, 2.75) is 39.5 Å². The lowest BCUT2D eigenvalue weighted by Gasteiger charge is -2.30. The number of benzene rings is 1. The van der Waals surface area contributed by atoms with Gasteiger partial charge in [-0.1, -0.05) is 32.9 Å². The van der Waals surface area contributed by atoms with Crippen LogP contribution in [-0.2, 0) is 4.79 Å². The van der Waals surface area contributed by atoms with Crippen molar-refractivity contribution < 1.29 is 4.79 Å². The van der Waals surface area contributed by atoms with Crippen molar-refractivity contribution in [1.29, 1.82) is 0 Å². The molecule has 0 aromatic heterocycles. The monoisotopic (exact) mass is 274 g/mol. The van der Waals surface area contributed by atoms with Gasteiger partial charge in [-0.15, -0.1) is 0 Å². The first-order valence-corrected chi connectivity index (χ1v) is 7.66. The van der Waals surface area contributed by atoms with E-state index in [-0.39, 0.29) is 5.91 Å². The predicted octanol–water partition coefficient (Wildman–Crippen LogP) is 3.48. The molecule has 0 radical (unpaired) electrons. The van der Waals surface area contributed by atoms with Crippen LogP contribution >= 0.6 is 0 Å². The van der Waals surface area contributed by atoms with Gasteiger partial charge in [-0.25, -0.2) is 0 Å². The van der Waals surface area contributed by atoms with E-state index in [1.54, 1.807) is 0 Å². The summed E-state index contributed by atoms with van der Waals surface area (Å²) in [6, 6.07) is 8.16. The van der Waals surface area contributed by atoms with Gasteiger partial charge in [0.2, 0.25) is 5.91 Å². The summed E-state index contributed by atoms with van der Waals surface area (Å²) in [6.45, 7) is 9.20. The second kappa shape index (κ2) is 6.89. The van der Waals surface area contributed by atoms with Crippen molar-refractivity contribution in [1.82, 2.24) is 4.90 Å². The first-order chi connectivity index (χ1) is 9.54. The van der Waals surface area contributed by atoms with Gasteiger partial charge in [0, 0.05) is 12.2 Å². The molecule has 1 aromatic rings. The van der Waals surface area contributed by atoms with E-state index in [1.165, 1.54) is 18.4 Å². The number of piperidine rings is 1. The first kappa shape index (κ1) is 15.0. The van der Waals surface area contributed by atoms with Gasteiger partial charge in [0.1, 0.15) is 0 Å². The average molecular weight is 274 g/mol. The van der Waals surface area contributed by atoms with Crippen LogP contribution in [0, 0.1) is 5.92 Å². The van der Waals surface area contributed by atoms with Gasteiger partial charge in [0.25, 0.3) is 0 Å². The van der Waals surface area contributed by atoms with Crippen molar-refractivity contribution in [3.63, 3.8) is 0 Å². The molecule has 1 N–H and O–H groups in total. The molecule has 1 fully saturated rings. The molecule has 20 heavy (non-hydrogen) atoms. The Labute approximate surface area is 122 Å². The van der Waals surface area contributed by atoms with E-state index in [0.29, 0.717) is 18.4 Å². The van der Waals surface area contributed by atoms with E-state index < -0.39 is 0 Å². The van der Waals surface area contributed by atoms with Gasteiger partial charge < -0.3 is 5.32 Å². The highest BCUT2D eigenvalue weighted by Gasteiger charge is 2.18. The van der Waals surface area contributed by atoms with Crippen LogP contribution in [0.15, 0.2) is 24.3 Å². The minimum atomic E-state index is 0.0939.